The first-order chi connectivity index (χ1) is 10.1. The molecule has 0 saturated carbocycles. The number of carbonyl (C=O) groups is 1. The minimum absolute atomic E-state index is 0.0556. The van der Waals surface area contributed by atoms with Crippen molar-refractivity contribution >= 4 is 17.3 Å². The quantitative estimate of drug-likeness (QED) is 0.834. The molecule has 21 heavy (non-hydrogen) atoms. The fraction of sp³-hybridized carbons (Fsp3) is 0.188. The normalized spacial score (nSPS) is 17.6. The van der Waals surface area contributed by atoms with E-state index in [9.17, 15) is 9.18 Å². The highest BCUT2D eigenvalue weighted by Crippen LogP contribution is 2.25. The van der Waals surface area contributed by atoms with Crippen molar-refractivity contribution in [3.63, 3.8) is 0 Å². The van der Waals surface area contributed by atoms with E-state index in [1.165, 1.54) is 12.1 Å². The largest absolute Gasteiger partial charge is 0.480 e. The van der Waals surface area contributed by atoms with Crippen LogP contribution in [-0.2, 0) is 11.2 Å². The fourth-order valence-corrected chi connectivity index (χ4v) is 2.35. The first-order valence-corrected chi connectivity index (χ1v) is 6.74. The Bertz CT molecular complexity index is 688. The van der Waals surface area contributed by atoms with Crippen LogP contribution < -0.4 is 15.8 Å². The summed E-state index contributed by atoms with van der Waals surface area (Å²) < 4.78 is 19.0. The Morgan fingerprint density at radius 2 is 2.05 bits per heavy atom. The molecular formula is C16H15FN2O2. The van der Waals surface area contributed by atoms with Gasteiger partial charge in [-0.05, 0) is 36.6 Å². The molecule has 108 valence electrons. The summed E-state index contributed by atoms with van der Waals surface area (Å²) in [5, 5.41) is 2.84. The number of hydrogen-bond donors (Lipinski definition) is 2. The molecule has 2 aromatic carbocycles. The number of anilines is 2. The molecule has 1 heterocycles. The van der Waals surface area contributed by atoms with Crippen molar-refractivity contribution in [3.8, 4) is 5.75 Å². The van der Waals surface area contributed by atoms with Crippen LogP contribution in [0.4, 0.5) is 15.8 Å². The molecule has 2 aromatic rings. The smallest absolute Gasteiger partial charge is 0.265 e. The monoisotopic (exact) mass is 286 g/mol. The number of nitrogens with one attached hydrogen (secondary N) is 1. The Hall–Kier alpha value is -2.56. The zero-order valence-electron chi connectivity index (χ0n) is 11.3. The number of ether oxygens (including phenoxy) is 1. The summed E-state index contributed by atoms with van der Waals surface area (Å²) in [7, 11) is 0. The van der Waals surface area contributed by atoms with Gasteiger partial charge in [-0.25, -0.2) is 4.39 Å². The van der Waals surface area contributed by atoms with E-state index in [1.807, 2.05) is 24.3 Å². The molecule has 1 amide bonds. The number of fused-ring (bicyclic) bond motifs is 1. The van der Waals surface area contributed by atoms with Crippen LogP contribution in [0.2, 0.25) is 0 Å². The van der Waals surface area contributed by atoms with Crippen LogP contribution in [0.25, 0.3) is 0 Å². The second-order valence-electron chi connectivity index (χ2n) is 4.97. The first-order valence-electron chi connectivity index (χ1n) is 6.74. The van der Waals surface area contributed by atoms with E-state index < -0.39 is 11.9 Å². The highest BCUT2D eigenvalue weighted by molar-refractivity contribution is 5.95. The molecule has 1 unspecified atom stereocenters. The van der Waals surface area contributed by atoms with Crippen LogP contribution >= 0.6 is 0 Å². The molecule has 4 nitrogen and oxygen atoms in total. The predicted molar refractivity (Wildman–Crippen MR) is 78.6 cm³/mol. The molecule has 1 aliphatic rings. The lowest BCUT2D eigenvalue weighted by molar-refractivity contribution is -0.122. The van der Waals surface area contributed by atoms with Gasteiger partial charge in [0.1, 0.15) is 11.6 Å². The maximum Gasteiger partial charge on any atom is 0.265 e. The summed E-state index contributed by atoms with van der Waals surface area (Å²) in [6.45, 7) is 0. The molecular weight excluding hydrogens is 271 g/mol. The van der Waals surface area contributed by atoms with Gasteiger partial charge in [0.25, 0.3) is 5.91 Å². The topological polar surface area (TPSA) is 64.3 Å². The summed E-state index contributed by atoms with van der Waals surface area (Å²) >= 11 is 0. The average molecular weight is 286 g/mol. The van der Waals surface area contributed by atoms with E-state index in [4.69, 9.17) is 10.5 Å². The summed E-state index contributed by atoms with van der Waals surface area (Å²) in [6, 6.07) is 11.8. The number of halogens is 1. The maximum absolute atomic E-state index is 13.4. The third-order valence-electron chi connectivity index (χ3n) is 3.49. The predicted octanol–water partition coefficient (Wildman–Crippen LogP) is 2.74. The molecule has 3 rings (SSSR count). The minimum atomic E-state index is -0.652. The number of amides is 1. The Labute approximate surface area is 121 Å². The van der Waals surface area contributed by atoms with Gasteiger partial charge >= 0.3 is 0 Å². The van der Waals surface area contributed by atoms with Crippen molar-refractivity contribution < 1.29 is 13.9 Å². The van der Waals surface area contributed by atoms with E-state index in [0.717, 1.165) is 17.7 Å². The van der Waals surface area contributed by atoms with Gasteiger partial charge in [0.05, 0.1) is 5.69 Å². The Morgan fingerprint density at radius 3 is 2.86 bits per heavy atom. The van der Waals surface area contributed by atoms with Crippen LogP contribution in [0.5, 0.6) is 5.75 Å². The van der Waals surface area contributed by atoms with Crippen LogP contribution in [0, 0.1) is 5.82 Å². The number of para-hydroxylation sites is 1. The Balaban J connectivity index is 1.78. The third kappa shape index (κ3) is 2.81. The van der Waals surface area contributed by atoms with Crippen molar-refractivity contribution in [1.82, 2.24) is 0 Å². The van der Waals surface area contributed by atoms with Crippen molar-refractivity contribution in [1.29, 1.82) is 0 Å². The van der Waals surface area contributed by atoms with Crippen LogP contribution in [0.15, 0.2) is 42.5 Å². The number of hydrogen-bond acceptors (Lipinski definition) is 3. The molecule has 0 spiro atoms. The highest BCUT2D eigenvalue weighted by Gasteiger charge is 2.25. The third-order valence-corrected chi connectivity index (χ3v) is 3.49. The number of nitrogen functional groups attached to an aromatic ring is 1. The SMILES string of the molecule is Nc1ccc(OC2CCc3ccccc3NC2=O)cc1F. The molecule has 0 fully saturated rings. The van der Waals surface area contributed by atoms with Gasteiger partial charge in [-0.15, -0.1) is 0 Å². The van der Waals surface area contributed by atoms with E-state index in [-0.39, 0.29) is 11.6 Å². The maximum atomic E-state index is 13.4. The Morgan fingerprint density at radius 1 is 1.24 bits per heavy atom. The summed E-state index contributed by atoms with van der Waals surface area (Å²) in [4.78, 5) is 12.2. The van der Waals surface area contributed by atoms with Crippen LogP contribution in [-0.4, -0.2) is 12.0 Å². The van der Waals surface area contributed by atoms with Gasteiger partial charge in [0, 0.05) is 11.8 Å². The lowest BCUT2D eigenvalue weighted by atomic mass is 10.1. The van der Waals surface area contributed by atoms with Crippen LogP contribution in [0.1, 0.15) is 12.0 Å². The Kier molecular flexibility index (Phi) is 3.48. The molecule has 1 aliphatic heterocycles. The van der Waals surface area contributed by atoms with Gasteiger partial charge in [-0.3, -0.25) is 4.79 Å². The van der Waals surface area contributed by atoms with Crippen molar-refractivity contribution in [3.05, 3.63) is 53.8 Å². The van der Waals surface area contributed by atoms with Gasteiger partial charge < -0.3 is 15.8 Å². The standard InChI is InChI=1S/C16H15FN2O2/c17-12-9-11(6-7-13(12)18)21-15-8-5-10-3-1-2-4-14(10)19-16(15)20/h1-4,6-7,9,15H,5,8,18H2,(H,19,20). The number of nitrogens with two attached hydrogens (primary N) is 1. The molecule has 3 N–H and O–H groups in total. The highest BCUT2D eigenvalue weighted by atomic mass is 19.1. The summed E-state index contributed by atoms with van der Waals surface area (Å²) in [5.41, 5.74) is 7.35. The van der Waals surface area contributed by atoms with Crippen molar-refractivity contribution in [2.45, 2.75) is 18.9 Å². The summed E-state index contributed by atoms with van der Waals surface area (Å²) in [6.07, 6.45) is 0.603. The molecule has 0 aromatic heterocycles. The molecule has 5 heteroatoms. The number of rotatable bonds is 2. The lowest BCUT2D eigenvalue weighted by Crippen LogP contribution is -2.31. The zero-order valence-corrected chi connectivity index (χ0v) is 11.3. The van der Waals surface area contributed by atoms with Crippen LogP contribution in [0.3, 0.4) is 0 Å². The van der Waals surface area contributed by atoms with Crippen molar-refractivity contribution in [2.24, 2.45) is 0 Å². The molecule has 1 atom stereocenters. The van der Waals surface area contributed by atoms with E-state index in [2.05, 4.69) is 5.32 Å². The molecule has 0 radical (unpaired) electrons. The average Bonchev–Trinajstić information content (AvgIpc) is 2.63. The second-order valence-corrected chi connectivity index (χ2v) is 4.97. The van der Waals surface area contributed by atoms with E-state index >= 15 is 0 Å². The second kappa shape index (κ2) is 5.44. The fourth-order valence-electron chi connectivity index (χ4n) is 2.35. The van der Waals surface area contributed by atoms with E-state index in [0.29, 0.717) is 12.2 Å². The van der Waals surface area contributed by atoms with Crippen molar-refractivity contribution in [2.75, 3.05) is 11.1 Å². The molecule has 0 bridgehead atoms. The lowest BCUT2D eigenvalue weighted by Gasteiger charge is -2.16. The number of aryl methyl sites for hydroxylation is 1. The zero-order chi connectivity index (χ0) is 14.8. The van der Waals surface area contributed by atoms with E-state index in [1.54, 1.807) is 6.07 Å². The summed E-state index contributed by atoms with van der Waals surface area (Å²) in [5.74, 6) is -0.477. The number of benzene rings is 2. The molecule has 0 aliphatic carbocycles. The van der Waals surface area contributed by atoms with Gasteiger partial charge in [0.15, 0.2) is 6.10 Å². The van der Waals surface area contributed by atoms with Gasteiger partial charge in [0.2, 0.25) is 0 Å². The first kappa shape index (κ1) is 13.4. The van der Waals surface area contributed by atoms with Gasteiger partial charge in [-0.1, -0.05) is 18.2 Å². The van der Waals surface area contributed by atoms with Gasteiger partial charge in [-0.2, -0.15) is 0 Å². The number of carbonyl (C=O) groups excluding carboxylic acids is 1. The molecule has 0 saturated heterocycles. The minimum Gasteiger partial charge on any atom is -0.480 e.